The maximum atomic E-state index is 13.1. The summed E-state index contributed by atoms with van der Waals surface area (Å²) in [5.41, 5.74) is 6.65. The van der Waals surface area contributed by atoms with Crippen LogP contribution in [0.3, 0.4) is 0 Å². The summed E-state index contributed by atoms with van der Waals surface area (Å²) >= 11 is 0. The third-order valence-corrected chi connectivity index (χ3v) is 5.37. The van der Waals surface area contributed by atoms with Crippen LogP contribution in [0.4, 0.5) is 11.4 Å². The molecule has 2 amide bonds. The normalized spacial score (nSPS) is 10.1. The van der Waals surface area contributed by atoms with Crippen molar-refractivity contribution in [3.05, 3.63) is 99.6 Å². The highest BCUT2D eigenvalue weighted by molar-refractivity contribution is 6.28. The van der Waals surface area contributed by atoms with Crippen LogP contribution >= 0.6 is 0 Å². The molecule has 5 nitrogen and oxygen atoms in total. The van der Waals surface area contributed by atoms with E-state index in [-0.39, 0.29) is 5.57 Å². The molecule has 0 aromatic heterocycles. The topological polar surface area (TPSA) is 82.0 Å². The Labute approximate surface area is 188 Å². The number of hydrogen-bond donors (Lipinski definition) is 2. The molecule has 0 fully saturated rings. The third-order valence-electron chi connectivity index (χ3n) is 5.37. The first kappa shape index (κ1) is 22.5. The average molecular weight is 424 g/mol. The summed E-state index contributed by atoms with van der Waals surface area (Å²) in [5, 5.41) is 14.6. The largest absolute Gasteiger partial charge is 0.322 e. The van der Waals surface area contributed by atoms with Gasteiger partial charge in [0.05, 0.1) is 11.6 Å². The van der Waals surface area contributed by atoms with Crippen molar-refractivity contribution in [3.63, 3.8) is 0 Å². The molecular formula is C27H25N3O2. The summed E-state index contributed by atoms with van der Waals surface area (Å²) in [5.74, 6) is -1.03. The van der Waals surface area contributed by atoms with E-state index in [4.69, 9.17) is 5.26 Å². The summed E-state index contributed by atoms with van der Waals surface area (Å²) in [4.78, 5) is 26.2. The number of carbonyl (C=O) groups is 2. The first-order valence-electron chi connectivity index (χ1n) is 10.3. The monoisotopic (exact) mass is 423 g/mol. The maximum Gasteiger partial charge on any atom is 0.261 e. The van der Waals surface area contributed by atoms with Crippen LogP contribution in [0.2, 0.25) is 0 Å². The number of carbonyl (C=O) groups excluding carboxylic acids is 2. The molecule has 0 unspecified atom stereocenters. The Balaban J connectivity index is 1.93. The zero-order valence-corrected chi connectivity index (χ0v) is 18.6. The van der Waals surface area contributed by atoms with Crippen LogP contribution in [-0.4, -0.2) is 11.8 Å². The van der Waals surface area contributed by atoms with Crippen molar-refractivity contribution in [2.45, 2.75) is 27.7 Å². The molecule has 0 bridgehead atoms. The zero-order chi connectivity index (χ0) is 23.3. The van der Waals surface area contributed by atoms with Gasteiger partial charge in [-0.05, 0) is 98.0 Å². The van der Waals surface area contributed by atoms with Crippen molar-refractivity contribution in [2.24, 2.45) is 0 Å². The third kappa shape index (κ3) is 5.50. The fraction of sp³-hybridized carbons (Fsp3) is 0.148. The van der Waals surface area contributed by atoms with E-state index in [1.54, 1.807) is 36.4 Å². The van der Waals surface area contributed by atoms with Gasteiger partial charge < -0.3 is 10.6 Å². The van der Waals surface area contributed by atoms with Crippen molar-refractivity contribution in [1.82, 2.24) is 0 Å². The van der Waals surface area contributed by atoms with E-state index < -0.39 is 11.8 Å². The molecule has 3 aromatic carbocycles. The van der Waals surface area contributed by atoms with Gasteiger partial charge in [0.2, 0.25) is 0 Å². The molecule has 0 aliphatic rings. The van der Waals surface area contributed by atoms with Crippen LogP contribution in [0, 0.1) is 39.0 Å². The van der Waals surface area contributed by atoms with Crippen molar-refractivity contribution in [3.8, 4) is 6.07 Å². The Bertz CT molecular complexity index is 1180. The first-order valence-corrected chi connectivity index (χ1v) is 10.3. The molecule has 0 spiro atoms. The number of hydrogen-bond acceptors (Lipinski definition) is 3. The Morgan fingerprint density at radius 3 is 1.59 bits per heavy atom. The number of aryl methyl sites for hydroxylation is 4. The van der Waals surface area contributed by atoms with E-state index in [0.29, 0.717) is 22.5 Å². The van der Waals surface area contributed by atoms with Gasteiger partial charge in [0.15, 0.2) is 0 Å². The lowest BCUT2D eigenvalue weighted by atomic mass is 10.1. The van der Waals surface area contributed by atoms with Gasteiger partial charge in [-0.2, -0.15) is 5.26 Å². The molecule has 160 valence electrons. The molecule has 0 aliphatic heterocycles. The molecule has 0 radical (unpaired) electrons. The van der Waals surface area contributed by atoms with Gasteiger partial charge in [0.25, 0.3) is 11.8 Å². The van der Waals surface area contributed by atoms with Crippen molar-refractivity contribution >= 4 is 29.3 Å². The second-order valence-electron chi connectivity index (χ2n) is 7.80. The van der Waals surface area contributed by atoms with E-state index in [1.165, 1.54) is 6.08 Å². The van der Waals surface area contributed by atoms with E-state index in [1.807, 2.05) is 52.0 Å². The second-order valence-corrected chi connectivity index (χ2v) is 7.80. The van der Waals surface area contributed by atoms with E-state index in [9.17, 15) is 9.59 Å². The Hall–Kier alpha value is -4.17. The van der Waals surface area contributed by atoms with Gasteiger partial charge in [0.1, 0.15) is 5.57 Å². The lowest BCUT2D eigenvalue weighted by molar-refractivity contribution is -0.118. The predicted molar refractivity (Wildman–Crippen MR) is 128 cm³/mol. The van der Waals surface area contributed by atoms with Gasteiger partial charge in [-0.15, -0.1) is 0 Å². The lowest BCUT2D eigenvalue weighted by Gasteiger charge is -2.12. The molecule has 3 aromatic rings. The molecule has 3 rings (SSSR count). The van der Waals surface area contributed by atoms with Crippen LogP contribution in [0.15, 0.2) is 66.2 Å². The Morgan fingerprint density at radius 1 is 0.719 bits per heavy atom. The van der Waals surface area contributed by atoms with Gasteiger partial charge in [0, 0.05) is 11.4 Å². The molecule has 0 heterocycles. The molecule has 0 aliphatic carbocycles. The molecule has 0 saturated heterocycles. The molecule has 2 N–H and O–H groups in total. The minimum Gasteiger partial charge on any atom is -0.322 e. The van der Waals surface area contributed by atoms with Crippen LogP contribution in [0.25, 0.3) is 6.08 Å². The summed E-state index contributed by atoms with van der Waals surface area (Å²) in [6.07, 6.45) is 1.52. The highest BCUT2D eigenvalue weighted by Crippen LogP contribution is 2.19. The molecule has 5 heteroatoms. The maximum absolute atomic E-state index is 13.1. The number of anilines is 2. The molecule has 0 atom stereocenters. The van der Waals surface area contributed by atoms with E-state index in [2.05, 4.69) is 16.7 Å². The summed E-state index contributed by atoms with van der Waals surface area (Å²) < 4.78 is 0. The van der Waals surface area contributed by atoms with Crippen molar-refractivity contribution in [2.75, 3.05) is 10.6 Å². The lowest BCUT2D eigenvalue weighted by Crippen LogP contribution is -2.25. The Morgan fingerprint density at radius 2 is 1.19 bits per heavy atom. The van der Waals surface area contributed by atoms with E-state index >= 15 is 0 Å². The fourth-order valence-electron chi connectivity index (χ4n) is 3.09. The second kappa shape index (κ2) is 9.76. The molecule has 32 heavy (non-hydrogen) atoms. The SMILES string of the molecule is Cc1ccc(NC(=O)C(=Cc2ccc(C#N)cc2)C(=O)Nc2ccc(C)c(C)c2)cc1C. The number of nitriles is 1. The Kier molecular flexibility index (Phi) is 6.87. The predicted octanol–water partition coefficient (Wildman–Crippen LogP) is 5.45. The number of rotatable bonds is 5. The summed E-state index contributed by atoms with van der Waals surface area (Å²) in [7, 11) is 0. The highest BCUT2D eigenvalue weighted by Gasteiger charge is 2.19. The van der Waals surface area contributed by atoms with Gasteiger partial charge in [-0.25, -0.2) is 0 Å². The number of nitrogens with zero attached hydrogens (tertiary/aromatic N) is 1. The highest BCUT2D eigenvalue weighted by atomic mass is 16.2. The van der Waals surface area contributed by atoms with Gasteiger partial charge in [-0.1, -0.05) is 24.3 Å². The number of nitrogens with one attached hydrogen (secondary N) is 2. The smallest absolute Gasteiger partial charge is 0.261 e. The van der Waals surface area contributed by atoms with Gasteiger partial charge >= 0.3 is 0 Å². The van der Waals surface area contributed by atoms with E-state index in [0.717, 1.165) is 22.3 Å². The summed E-state index contributed by atoms with van der Waals surface area (Å²) in [6, 6.07) is 19.9. The van der Waals surface area contributed by atoms with Crippen LogP contribution < -0.4 is 10.6 Å². The average Bonchev–Trinajstić information content (AvgIpc) is 2.77. The van der Waals surface area contributed by atoms with Crippen LogP contribution in [0.5, 0.6) is 0 Å². The summed E-state index contributed by atoms with van der Waals surface area (Å²) in [6.45, 7) is 7.91. The van der Waals surface area contributed by atoms with Crippen LogP contribution in [-0.2, 0) is 9.59 Å². The molecular weight excluding hydrogens is 398 g/mol. The minimum absolute atomic E-state index is 0.0360. The zero-order valence-electron chi connectivity index (χ0n) is 18.6. The van der Waals surface area contributed by atoms with Gasteiger partial charge in [-0.3, -0.25) is 9.59 Å². The van der Waals surface area contributed by atoms with Crippen molar-refractivity contribution in [1.29, 1.82) is 5.26 Å². The fourth-order valence-corrected chi connectivity index (χ4v) is 3.09. The van der Waals surface area contributed by atoms with Crippen LogP contribution in [0.1, 0.15) is 33.4 Å². The minimum atomic E-state index is -0.515. The number of benzene rings is 3. The standard InChI is InChI=1S/C27H25N3O2/c1-17-5-11-23(13-19(17)3)29-26(31)25(15-21-7-9-22(16-28)10-8-21)27(32)30-24-12-6-18(2)20(4)14-24/h5-15H,1-4H3,(H,29,31)(H,30,32). The number of amides is 2. The quantitative estimate of drug-likeness (QED) is 0.325. The first-order chi connectivity index (χ1) is 15.3. The van der Waals surface area contributed by atoms with Crippen molar-refractivity contribution < 1.29 is 9.59 Å². The molecule has 0 saturated carbocycles.